The second kappa shape index (κ2) is 10.7. The number of alkyl halides is 3. The Bertz CT molecular complexity index is 704. The second-order valence-electron chi connectivity index (χ2n) is 7.72. The van der Waals surface area contributed by atoms with Crippen LogP contribution in [0.4, 0.5) is 18.9 Å². The third kappa shape index (κ3) is 7.27. The fraction of sp³-hybridized carbons (Fsp3) is 0.667. The van der Waals surface area contributed by atoms with E-state index < -0.39 is 12.7 Å². The summed E-state index contributed by atoms with van der Waals surface area (Å²) in [5.41, 5.74) is 0.861. The van der Waals surface area contributed by atoms with Crippen molar-refractivity contribution in [1.29, 1.82) is 0 Å². The first kappa shape index (κ1) is 22.5. The van der Waals surface area contributed by atoms with Crippen LogP contribution in [0.25, 0.3) is 0 Å². The predicted octanol–water partition coefficient (Wildman–Crippen LogP) is 3.89. The quantitative estimate of drug-likeness (QED) is 0.532. The van der Waals surface area contributed by atoms with E-state index in [0.29, 0.717) is 44.7 Å². The predicted molar refractivity (Wildman–Crippen MR) is 111 cm³/mol. The van der Waals surface area contributed by atoms with E-state index in [2.05, 4.69) is 15.6 Å². The number of likely N-dealkylation sites (tertiary alicyclic amines) is 1. The third-order valence-corrected chi connectivity index (χ3v) is 5.27. The van der Waals surface area contributed by atoms with Gasteiger partial charge in [-0.1, -0.05) is 0 Å². The van der Waals surface area contributed by atoms with Gasteiger partial charge >= 0.3 is 6.18 Å². The number of nitrogens with one attached hydrogen (secondary N) is 2. The highest BCUT2D eigenvalue weighted by atomic mass is 19.4. The van der Waals surface area contributed by atoms with E-state index in [4.69, 9.17) is 9.47 Å². The van der Waals surface area contributed by atoms with Crippen LogP contribution in [0.1, 0.15) is 32.6 Å². The fourth-order valence-electron chi connectivity index (χ4n) is 3.73. The van der Waals surface area contributed by atoms with Crippen molar-refractivity contribution in [2.24, 2.45) is 10.9 Å². The van der Waals surface area contributed by atoms with Gasteiger partial charge in [0.15, 0.2) is 17.5 Å². The number of halogens is 3. The Balaban J connectivity index is 1.49. The number of guanidine groups is 1. The number of hydrogen-bond acceptors (Lipinski definition) is 4. The number of fused-ring (bicyclic) bond motifs is 1. The Kier molecular flexibility index (Phi) is 8.07. The molecule has 0 atom stereocenters. The summed E-state index contributed by atoms with van der Waals surface area (Å²) < 4.78 is 48.9. The molecule has 0 radical (unpaired) electrons. The second-order valence-corrected chi connectivity index (χ2v) is 7.72. The number of rotatable bonds is 6. The van der Waals surface area contributed by atoms with Crippen LogP contribution in [0, 0.1) is 5.92 Å². The fourth-order valence-corrected chi connectivity index (χ4v) is 3.73. The van der Waals surface area contributed by atoms with Gasteiger partial charge in [-0.2, -0.15) is 13.2 Å². The van der Waals surface area contributed by atoms with Crippen LogP contribution in [0.15, 0.2) is 23.2 Å². The smallest absolute Gasteiger partial charge is 0.401 e. The minimum Gasteiger partial charge on any atom is -0.490 e. The van der Waals surface area contributed by atoms with Crippen LogP contribution in [0.5, 0.6) is 11.5 Å². The molecule has 6 nitrogen and oxygen atoms in total. The molecule has 3 rings (SSSR count). The van der Waals surface area contributed by atoms with Crippen molar-refractivity contribution in [3.63, 3.8) is 0 Å². The van der Waals surface area contributed by atoms with E-state index in [1.54, 1.807) is 0 Å². The van der Waals surface area contributed by atoms with Gasteiger partial charge in [0.2, 0.25) is 0 Å². The summed E-state index contributed by atoms with van der Waals surface area (Å²) in [4.78, 5) is 6.14. The maximum atomic E-state index is 12.5. The van der Waals surface area contributed by atoms with Crippen molar-refractivity contribution in [2.75, 3.05) is 51.3 Å². The van der Waals surface area contributed by atoms with Crippen LogP contribution in [0.3, 0.4) is 0 Å². The van der Waals surface area contributed by atoms with E-state index in [0.717, 1.165) is 49.4 Å². The van der Waals surface area contributed by atoms with E-state index in [1.807, 2.05) is 25.1 Å². The van der Waals surface area contributed by atoms with Crippen LogP contribution >= 0.6 is 0 Å². The Morgan fingerprint density at radius 1 is 1.17 bits per heavy atom. The van der Waals surface area contributed by atoms with Gasteiger partial charge in [-0.15, -0.1) is 0 Å². The number of nitrogens with zero attached hydrogens (tertiary/aromatic N) is 2. The molecule has 0 bridgehead atoms. The van der Waals surface area contributed by atoms with Gasteiger partial charge in [-0.25, -0.2) is 0 Å². The average Bonchev–Trinajstić information content (AvgIpc) is 2.93. The summed E-state index contributed by atoms with van der Waals surface area (Å²) in [6.07, 6.45) is -0.805. The lowest BCUT2D eigenvalue weighted by atomic mass is 9.93. The molecule has 30 heavy (non-hydrogen) atoms. The van der Waals surface area contributed by atoms with E-state index in [-0.39, 0.29) is 0 Å². The third-order valence-electron chi connectivity index (χ3n) is 5.27. The zero-order valence-corrected chi connectivity index (χ0v) is 17.4. The highest BCUT2D eigenvalue weighted by Gasteiger charge is 2.32. The number of ether oxygens (including phenoxy) is 2. The van der Waals surface area contributed by atoms with Gasteiger partial charge < -0.3 is 20.1 Å². The van der Waals surface area contributed by atoms with Crippen LogP contribution < -0.4 is 20.1 Å². The molecule has 2 N–H and O–H groups in total. The molecular formula is C21H31F3N4O2. The lowest BCUT2D eigenvalue weighted by molar-refractivity contribution is -0.148. The first-order valence-electron chi connectivity index (χ1n) is 10.7. The maximum Gasteiger partial charge on any atom is 0.401 e. The molecule has 0 saturated carbocycles. The molecule has 9 heteroatoms. The zero-order valence-electron chi connectivity index (χ0n) is 17.4. The van der Waals surface area contributed by atoms with Crippen molar-refractivity contribution in [2.45, 2.75) is 38.8 Å². The maximum absolute atomic E-state index is 12.5. The largest absolute Gasteiger partial charge is 0.490 e. The molecule has 0 unspecified atom stereocenters. The van der Waals surface area contributed by atoms with Gasteiger partial charge in [0.1, 0.15) is 0 Å². The normalized spacial score (nSPS) is 18.7. The highest BCUT2D eigenvalue weighted by Crippen LogP contribution is 2.32. The van der Waals surface area contributed by atoms with Crippen molar-refractivity contribution in [1.82, 2.24) is 10.2 Å². The molecule has 1 aromatic rings. The average molecular weight is 428 g/mol. The lowest BCUT2D eigenvalue weighted by Gasteiger charge is -2.32. The van der Waals surface area contributed by atoms with Gasteiger partial charge in [0, 0.05) is 31.3 Å². The lowest BCUT2D eigenvalue weighted by Crippen LogP contribution is -2.40. The summed E-state index contributed by atoms with van der Waals surface area (Å²) >= 11 is 0. The van der Waals surface area contributed by atoms with E-state index >= 15 is 0 Å². The Morgan fingerprint density at radius 3 is 2.60 bits per heavy atom. The first-order chi connectivity index (χ1) is 14.4. The molecule has 1 fully saturated rings. The monoisotopic (exact) mass is 428 g/mol. The Hall–Kier alpha value is -2.16. The highest BCUT2D eigenvalue weighted by molar-refractivity contribution is 5.93. The molecule has 2 aliphatic rings. The van der Waals surface area contributed by atoms with Crippen LogP contribution in [-0.4, -0.2) is 63.0 Å². The van der Waals surface area contributed by atoms with Crippen LogP contribution in [-0.2, 0) is 0 Å². The Morgan fingerprint density at radius 2 is 1.90 bits per heavy atom. The summed E-state index contributed by atoms with van der Waals surface area (Å²) in [5.74, 6) is 2.57. The molecule has 1 aromatic carbocycles. The van der Waals surface area contributed by atoms with Gasteiger partial charge in [-0.05, 0) is 57.3 Å². The summed E-state index contributed by atoms with van der Waals surface area (Å²) in [5, 5.41) is 6.52. The molecule has 2 heterocycles. The van der Waals surface area contributed by atoms with Crippen molar-refractivity contribution >= 4 is 11.6 Å². The molecule has 0 aromatic heterocycles. The van der Waals surface area contributed by atoms with Gasteiger partial charge in [0.05, 0.1) is 19.8 Å². The topological polar surface area (TPSA) is 58.1 Å². The molecule has 1 saturated heterocycles. The number of piperidine rings is 1. The van der Waals surface area contributed by atoms with Crippen molar-refractivity contribution in [3.8, 4) is 11.5 Å². The minimum absolute atomic E-state index is 0.416. The minimum atomic E-state index is -4.11. The summed E-state index contributed by atoms with van der Waals surface area (Å²) in [6, 6.07) is 5.72. The van der Waals surface area contributed by atoms with E-state index in [1.165, 1.54) is 4.90 Å². The molecule has 0 amide bonds. The van der Waals surface area contributed by atoms with Crippen molar-refractivity contribution in [3.05, 3.63) is 18.2 Å². The Labute approximate surface area is 175 Å². The van der Waals surface area contributed by atoms with Gasteiger partial charge in [0.25, 0.3) is 0 Å². The number of anilines is 1. The van der Waals surface area contributed by atoms with Crippen molar-refractivity contribution < 1.29 is 22.6 Å². The molecular weight excluding hydrogens is 397 g/mol. The molecule has 2 aliphatic heterocycles. The standard InChI is InChI=1S/C21H31F3N4O2/c1-2-25-20(27-17-4-5-18-19(14-17)30-13-3-12-29-18)26-9-6-16-7-10-28(11-8-16)15-21(22,23)24/h4-5,14,16H,2-3,6-13,15H2,1H3,(H2,25,26,27). The summed E-state index contributed by atoms with van der Waals surface area (Å²) in [6.45, 7) is 4.84. The van der Waals surface area contributed by atoms with Gasteiger partial charge in [-0.3, -0.25) is 9.89 Å². The molecule has 0 spiro atoms. The van der Waals surface area contributed by atoms with Crippen LogP contribution in [0.2, 0.25) is 0 Å². The number of aliphatic imine (C=N–C) groups is 1. The molecule has 168 valence electrons. The number of benzene rings is 1. The zero-order chi connectivity index (χ0) is 21.4. The molecule has 0 aliphatic carbocycles. The van der Waals surface area contributed by atoms with E-state index in [9.17, 15) is 13.2 Å². The number of hydrogen-bond donors (Lipinski definition) is 2. The first-order valence-corrected chi connectivity index (χ1v) is 10.7. The summed E-state index contributed by atoms with van der Waals surface area (Å²) in [7, 11) is 0. The SMILES string of the molecule is CCNC(=NCCC1CCN(CC(F)(F)F)CC1)Nc1ccc2c(c1)OCCCO2.